The van der Waals surface area contributed by atoms with Gasteiger partial charge in [0, 0.05) is 36.3 Å². The Kier molecular flexibility index (Phi) is 4.52. The van der Waals surface area contributed by atoms with E-state index in [2.05, 4.69) is 4.98 Å². The van der Waals surface area contributed by atoms with E-state index in [1.165, 1.54) is 0 Å². The fraction of sp³-hybridized carbons (Fsp3) is 0.286. The van der Waals surface area contributed by atoms with Crippen LogP contribution in [0.25, 0.3) is 10.9 Å². The van der Waals surface area contributed by atoms with Crippen LogP contribution in [0.5, 0.6) is 0 Å². The van der Waals surface area contributed by atoms with Gasteiger partial charge in [-0.15, -0.1) is 0 Å². The molecule has 2 N–H and O–H groups in total. The van der Waals surface area contributed by atoms with Crippen LogP contribution in [0.4, 0.5) is 5.69 Å². The van der Waals surface area contributed by atoms with E-state index in [0.29, 0.717) is 12.3 Å². The maximum Gasteiger partial charge on any atom is 0.228 e. The van der Waals surface area contributed by atoms with Gasteiger partial charge in [-0.3, -0.25) is 14.8 Å². The number of nitrogens with zero attached hydrogens (tertiary/aromatic N) is 3. The van der Waals surface area contributed by atoms with Crippen molar-refractivity contribution in [3.63, 3.8) is 0 Å². The van der Waals surface area contributed by atoms with Crippen LogP contribution in [0.2, 0.25) is 0 Å². The molecule has 132 valence electrons. The number of rotatable bonds is 3. The Morgan fingerprint density at radius 1 is 1.12 bits per heavy atom. The van der Waals surface area contributed by atoms with Crippen molar-refractivity contribution < 1.29 is 4.79 Å². The van der Waals surface area contributed by atoms with E-state index in [1.807, 2.05) is 53.4 Å². The maximum atomic E-state index is 12.5. The number of para-hydroxylation sites is 1. The van der Waals surface area contributed by atoms with Crippen LogP contribution in [0.15, 0.2) is 54.7 Å². The third-order valence-electron chi connectivity index (χ3n) is 5.08. The molecule has 1 aromatic carbocycles. The molecule has 5 heteroatoms. The summed E-state index contributed by atoms with van der Waals surface area (Å²) in [7, 11) is 0. The first-order valence-electron chi connectivity index (χ1n) is 9.03. The molecule has 5 nitrogen and oxygen atoms in total. The smallest absolute Gasteiger partial charge is 0.228 e. The van der Waals surface area contributed by atoms with Crippen molar-refractivity contribution in [2.75, 3.05) is 18.8 Å². The fourth-order valence-electron chi connectivity index (χ4n) is 3.65. The lowest BCUT2D eigenvalue weighted by Crippen LogP contribution is -2.39. The first-order chi connectivity index (χ1) is 12.7. The first kappa shape index (κ1) is 16.5. The number of carbonyl (C=O) groups excluding carboxylic acids is 1. The number of carbonyl (C=O) groups is 1. The van der Waals surface area contributed by atoms with Crippen LogP contribution >= 0.6 is 0 Å². The molecule has 1 aliphatic heterocycles. The molecule has 0 aliphatic carbocycles. The van der Waals surface area contributed by atoms with Crippen LogP contribution in [0.1, 0.15) is 30.1 Å². The van der Waals surface area contributed by atoms with Crippen molar-refractivity contribution in [3.8, 4) is 0 Å². The Morgan fingerprint density at radius 3 is 2.65 bits per heavy atom. The van der Waals surface area contributed by atoms with Gasteiger partial charge < -0.3 is 10.6 Å². The van der Waals surface area contributed by atoms with Gasteiger partial charge >= 0.3 is 0 Å². The first-order valence-corrected chi connectivity index (χ1v) is 9.03. The second kappa shape index (κ2) is 7.12. The second-order valence-corrected chi connectivity index (χ2v) is 6.81. The highest BCUT2D eigenvalue weighted by Gasteiger charge is 2.26. The number of hydrogen-bond donors (Lipinski definition) is 1. The SMILES string of the molecule is Nc1cc2ccccc2nc1C1CCN(C(=O)Cc2ccccn2)CC1. The number of fused-ring (bicyclic) bond motifs is 1. The third kappa shape index (κ3) is 3.38. The van der Waals surface area contributed by atoms with Gasteiger partial charge in [0.15, 0.2) is 0 Å². The molecule has 0 atom stereocenters. The van der Waals surface area contributed by atoms with Crippen molar-refractivity contribution in [2.45, 2.75) is 25.2 Å². The summed E-state index contributed by atoms with van der Waals surface area (Å²) >= 11 is 0. The van der Waals surface area contributed by atoms with E-state index in [1.54, 1.807) is 6.20 Å². The van der Waals surface area contributed by atoms with Gasteiger partial charge in [0.1, 0.15) is 0 Å². The van der Waals surface area contributed by atoms with Crippen molar-refractivity contribution in [2.24, 2.45) is 0 Å². The quantitative estimate of drug-likeness (QED) is 0.791. The zero-order chi connectivity index (χ0) is 17.9. The molecular weight excluding hydrogens is 324 g/mol. The fourth-order valence-corrected chi connectivity index (χ4v) is 3.65. The molecule has 0 saturated carbocycles. The summed E-state index contributed by atoms with van der Waals surface area (Å²) in [5, 5.41) is 1.07. The van der Waals surface area contributed by atoms with Crippen LogP contribution in [-0.2, 0) is 11.2 Å². The van der Waals surface area contributed by atoms with Crippen LogP contribution in [-0.4, -0.2) is 33.9 Å². The molecule has 3 heterocycles. The third-order valence-corrected chi connectivity index (χ3v) is 5.08. The Hall–Kier alpha value is -2.95. The minimum absolute atomic E-state index is 0.140. The van der Waals surface area contributed by atoms with Gasteiger partial charge in [0.05, 0.1) is 23.3 Å². The monoisotopic (exact) mass is 346 g/mol. The molecule has 0 spiro atoms. The van der Waals surface area contributed by atoms with Crippen molar-refractivity contribution in [3.05, 3.63) is 66.1 Å². The summed E-state index contributed by atoms with van der Waals surface area (Å²) < 4.78 is 0. The van der Waals surface area contributed by atoms with Crippen LogP contribution in [0.3, 0.4) is 0 Å². The standard InChI is InChI=1S/C21H22N4O/c22-18-13-16-5-1-2-7-19(16)24-21(18)15-8-11-25(12-9-15)20(26)14-17-6-3-4-10-23-17/h1-7,10,13,15H,8-9,11-12,14,22H2. The van der Waals surface area contributed by atoms with Gasteiger partial charge in [-0.25, -0.2) is 0 Å². The Morgan fingerprint density at radius 2 is 1.88 bits per heavy atom. The van der Waals surface area contributed by atoms with E-state index in [4.69, 9.17) is 10.7 Å². The highest BCUT2D eigenvalue weighted by atomic mass is 16.2. The van der Waals surface area contributed by atoms with E-state index in [9.17, 15) is 4.79 Å². The normalized spacial score (nSPS) is 15.3. The summed E-state index contributed by atoms with van der Waals surface area (Å²) in [5.74, 6) is 0.445. The minimum atomic E-state index is 0.140. The average Bonchev–Trinajstić information content (AvgIpc) is 2.68. The second-order valence-electron chi connectivity index (χ2n) is 6.81. The number of nitrogens with two attached hydrogens (primary N) is 1. The number of pyridine rings is 2. The summed E-state index contributed by atoms with van der Waals surface area (Å²) in [5.41, 5.74) is 9.78. The highest BCUT2D eigenvalue weighted by molar-refractivity contribution is 5.82. The number of likely N-dealkylation sites (tertiary alicyclic amines) is 1. The van der Waals surface area contributed by atoms with Crippen LogP contribution < -0.4 is 5.73 Å². The highest BCUT2D eigenvalue weighted by Crippen LogP contribution is 2.32. The number of hydrogen-bond acceptors (Lipinski definition) is 4. The van der Waals surface area contributed by atoms with E-state index in [0.717, 1.165) is 53.9 Å². The number of benzene rings is 1. The zero-order valence-electron chi connectivity index (χ0n) is 14.6. The molecule has 26 heavy (non-hydrogen) atoms. The molecule has 1 fully saturated rings. The Bertz CT molecular complexity index is 918. The molecule has 0 unspecified atom stereocenters. The number of nitrogen functional groups attached to an aromatic ring is 1. The molecule has 4 rings (SSSR count). The lowest BCUT2D eigenvalue weighted by molar-refractivity contribution is -0.131. The van der Waals surface area contributed by atoms with Crippen molar-refractivity contribution in [1.82, 2.24) is 14.9 Å². The van der Waals surface area contributed by atoms with Crippen molar-refractivity contribution in [1.29, 1.82) is 0 Å². The van der Waals surface area contributed by atoms with E-state index < -0.39 is 0 Å². The maximum absolute atomic E-state index is 12.5. The lowest BCUT2D eigenvalue weighted by Gasteiger charge is -2.32. The molecule has 0 radical (unpaired) electrons. The minimum Gasteiger partial charge on any atom is -0.397 e. The van der Waals surface area contributed by atoms with Gasteiger partial charge in [-0.2, -0.15) is 0 Å². The molecule has 1 aliphatic rings. The van der Waals surface area contributed by atoms with Crippen LogP contribution in [0, 0.1) is 0 Å². The molecular formula is C21H22N4O. The van der Waals surface area contributed by atoms with Gasteiger partial charge in [0.25, 0.3) is 0 Å². The predicted octanol–water partition coefficient (Wildman–Crippen LogP) is 3.16. The number of anilines is 1. The van der Waals surface area contributed by atoms with Gasteiger partial charge in [-0.05, 0) is 37.1 Å². The van der Waals surface area contributed by atoms with Gasteiger partial charge in [-0.1, -0.05) is 24.3 Å². The molecule has 0 bridgehead atoms. The Balaban J connectivity index is 1.43. The number of aromatic nitrogens is 2. The van der Waals surface area contributed by atoms with Gasteiger partial charge in [0.2, 0.25) is 5.91 Å². The summed E-state index contributed by atoms with van der Waals surface area (Å²) in [6.07, 6.45) is 3.87. The topological polar surface area (TPSA) is 72.1 Å². The van der Waals surface area contributed by atoms with E-state index in [-0.39, 0.29) is 5.91 Å². The Labute approximate surface area is 152 Å². The largest absolute Gasteiger partial charge is 0.397 e. The average molecular weight is 346 g/mol. The lowest BCUT2D eigenvalue weighted by atomic mass is 9.91. The van der Waals surface area contributed by atoms with Crippen molar-refractivity contribution >= 4 is 22.5 Å². The number of amides is 1. The summed E-state index contributed by atoms with van der Waals surface area (Å²) in [6, 6.07) is 15.7. The molecule has 2 aromatic heterocycles. The predicted molar refractivity (Wildman–Crippen MR) is 103 cm³/mol. The zero-order valence-corrected chi connectivity index (χ0v) is 14.6. The van der Waals surface area contributed by atoms with E-state index >= 15 is 0 Å². The summed E-state index contributed by atoms with van der Waals surface area (Å²) in [6.45, 7) is 1.48. The summed E-state index contributed by atoms with van der Waals surface area (Å²) in [4.78, 5) is 23.5. The molecule has 1 amide bonds. The molecule has 1 saturated heterocycles. The molecule has 3 aromatic rings. The number of piperidine rings is 1.